The summed E-state index contributed by atoms with van der Waals surface area (Å²) in [6.45, 7) is 3.53. The molecule has 2 aliphatic carbocycles. The van der Waals surface area contributed by atoms with E-state index in [1.165, 1.54) is 0 Å². The number of carbonyl (C=O) groups is 3. The summed E-state index contributed by atoms with van der Waals surface area (Å²) in [5.74, 6) is -2.03. The Morgan fingerprint density at radius 1 is 1.23 bits per heavy atom. The Bertz CT molecular complexity index is 774. The summed E-state index contributed by atoms with van der Waals surface area (Å²) in [6, 6.07) is 5.72. The molecule has 1 aromatic rings. The lowest BCUT2D eigenvalue weighted by Gasteiger charge is -2.26. The van der Waals surface area contributed by atoms with E-state index in [-0.39, 0.29) is 35.3 Å². The summed E-state index contributed by atoms with van der Waals surface area (Å²) in [5, 5.41) is 2.74. The van der Waals surface area contributed by atoms with Crippen molar-refractivity contribution in [2.45, 2.75) is 31.2 Å². The van der Waals surface area contributed by atoms with Crippen molar-refractivity contribution < 1.29 is 23.9 Å². The lowest BCUT2D eigenvalue weighted by molar-refractivity contribution is -0.157. The number of hydrogen-bond donors (Lipinski definition) is 1. The molecule has 1 aromatic carbocycles. The predicted molar refractivity (Wildman–Crippen MR) is 96.7 cm³/mol. The average Bonchev–Trinajstić information content (AvgIpc) is 3.16. The van der Waals surface area contributed by atoms with Gasteiger partial charge in [0.15, 0.2) is 6.61 Å². The maximum atomic E-state index is 12.5. The van der Waals surface area contributed by atoms with Crippen LogP contribution in [0.2, 0.25) is 0 Å². The summed E-state index contributed by atoms with van der Waals surface area (Å²) in [4.78, 5) is 36.7. The predicted octanol–water partition coefficient (Wildman–Crippen LogP) is 2.36. The highest BCUT2D eigenvalue weighted by Crippen LogP contribution is 2.60. The zero-order valence-electron chi connectivity index (χ0n) is 14.5. The third-order valence-corrected chi connectivity index (χ3v) is 6.85. The molecule has 0 unspecified atom stereocenters. The van der Waals surface area contributed by atoms with Crippen molar-refractivity contribution >= 4 is 39.5 Å². The highest BCUT2D eigenvalue weighted by molar-refractivity contribution is 9.09. The second-order valence-corrected chi connectivity index (χ2v) is 8.55. The largest absolute Gasteiger partial charge is 0.461 e. The van der Waals surface area contributed by atoms with E-state index in [1.807, 2.05) is 32.0 Å². The fourth-order valence-corrected chi connectivity index (χ4v) is 5.82. The molecule has 138 valence electrons. The fraction of sp³-hybridized carbons (Fsp3) is 0.526. The van der Waals surface area contributed by atoms with Gasteiger partial charge in [0.2, 0.25) is 0 Å². The van der Waals surface area contributed by atoms with Crippen LogP contribution in [0.15, 0.2) is 18.2 Å². The van der Waals surface area contributed by atoms with Gasteiger partial charge >= 0.3 is 11.9 Å². The molecule has 0 radical (unpaired) electrons. The van der Waals surface area contributed by atoms with E-state index in [0.29, 0.717) is 5.69 Å². The van der Waals surface area contributed by atoms with Crippen LogP contribution in [0.3, 0.4) is 0 Å². The van der Waals surface area contributed by atoms with E-state index in [9.17, 15) is 14.4 Å². The Balaban J connectivity index is 1.37. The van der Waals surface area contributed by atoms with Gasteiger partial charge in [-0.2, -0.15) is 0 Å². The van der Waals surface area contributed by atoms with Crippen LogP contribution >= 0.6 is 15.9 Å². The molecule has 2 saturated carbocycles. The SMILES string of the molecule is Cc1cc(C)cc(NC(=O)COC(=O)[C@@H]2[C@H]3C[C@H]4[C@H](OC(=O)[C@H]42)[C@@H]3Br)c1. The number of hydrogen-bond acceptors (Lipinski definition) is 5. The number of halogens is 1. The van der Waals surface area contributed by atoms with Gasteiger partial charge in [-0.15, -0.1) is 0 Å². The van der Waals surface area contributed by atoms with E-state index < -0.39 is 23.7 Å². The molecule has 6 atom stereocenters. The molecular formula is C19H20BrNO5. The summed E-state index contributed by atoms with van der Waals surface area (Å²) >= 11 is 3.56. The first kappa shape index (κ1) is 17.5. The highest BCUT2D eigenvalue weighted by atomic mass is 79.9. The lowest BCUT2D eigenvalue weighted by atomic mass is 9.80. The van der Waals surface area contributed by atoms with E-state index in [1.54, 1.807) is 0 Å². The zero-order chi connectivity index (χ0) is 18.6. The minimum Gasteiger partial charge on any atom is -0.461 e. The molecule has 1 N–H and O–H groups in total. The number of fused-ring (bicyclic) bond motifs is 1. The van der Waals surface area contributed by atoms with Crippen LogP contribution in [-0.4, -0.2) is 35.4 Å². The molecule has 6 nitrogen and oxygen atoms in total. The van der Waals surface area contributed by atoms with Crippen molar-refractivity contribution in [1.82, 2.24) is 0 Å². The van der Waals surface area contributed by atoms with Gasteiger partial charge in [-0.25, -0.2) is 0 Å². The highest BCUT2D eigenvalue weighted by Gasteiger charge is 2.68. The van der Waals surface area contributed by atoms with Crippen molar-refractivity contribution in [1.29, 1.82) is 0 Å². The minimum absolute atomic E-state index is 0.0168. The Morgan fingerprint density at radius 2 is 1.92 bits per heavy atom. The number of alkyl halides is 1. The number of anilines is 1. The first-order valence-electron chi connectivity index (χ1n) is 8.74. The molecule has 0 aromatic heterocycles. The smallest absolute Gasteiger partial charge is 0.310 e. The molecule has 4 rings (SSSR count). The lowest BCUT2D eigenvalue weighted by Crippen LogP contribution is -2.39. The molecule has 1 amide bonds. The number of aryl methyl sites for hydroxylation is 2. The van der Waals surface area contributed by atoms with Gasteiger partial charge in [0.1, 0.15) is 6.10 Å². The van der Waals surface area contributed by atoms with Gasteiger partial charge in [0.05, 0.1) is 16.7 Å². The molecular weight excluding hydrogens is 402 g/mol. The van der Waals surface area contributed by atoms with Crippen molar-refractivity contribution in [2.75, 3.05) is 11.9 Å². The summed E-state index contributed by atoms with van der Waals surface area (Å²) in [5.41, 5.74) is 2.75. The maximum Gasteiger partial charge on any atom is 0.310 e. The summed E-state index contributed by atoms with van der Waals surface area (Å²) < 4.78 is 10.6. The minimum atomic E-state index is -0.523. The summed E-state index contributed by atoms with van der Waals surface area (Å²) in [7, 11) is 0. The second-order valence-electron chi connectivity index (χ2n) is 7.49. The van der Waals surface area contributed by atoms with Gasteiger partial charge in [-0.05, 0) is 49.4 Å². The molecule has 1 aliphatic heterocycles. The molecule has 1 saturated heterocycles. The number of ether oxygens (including phenoxy) is 2. The van der Waals surface area contributed by atoms with Crippen LogP contribution in [0, 0.1) is 37.5 Å². The quantitative estimate of drug-likeness (QED) is 0.595. The van der Waals surface area contributed by atoms with Crippen molar-refractivity contribution in [3.05, 3.63) is 29.3 Å². The Labute approximate surface area is 159 Å². The van der Waals surface area contributed by atoms with Gasteiger partial charge in [-0.1, -0.05) is 22.0 Å². The third kappa shape index (κ3) is 2.82. The molecule has 3 aliphatic rings. The van der Waals surface area contributed by atoms with Gasteiger partial charge < -0.3 is 14.8 Å². The van der Waals surface area contributed by atoms with Gasteiger partial charge in [0, 0.05) is 11.6 Å². The zero-order valence-corrected chi connectivity index (χ0v) is 16.1. The maximum absolute atomic E-state index is 12.5. The van der Waals surface area contributed by atoms with E-state index in [2.05, 4.69) is 21.2 Å². The topological polar surface area (TPSA) is 81.7 Å². The van der Waals surface area contributed by atoms with Gasteiger partial charge in [-0.3, -0.25) is 14.4 Å². The first-order valence-corrected chi connectivity index (χ1v) is 9.66. The van der Waals surface area contributed by atoms with Crippen LogP contribution in [-0.2, 0) is 23.9 Å². The normalized spacial score (nSPS) is 33.9. The molecule has 7 heteroatoms. The van der Waals surface area contributed by atoms with Crippen LogP contribution in [0.25, 0.3) is 0 Å². The molecule has 2 bridgehead atoms. The average molecular weight is 422 g/mol. The number of nitrogens with one attached hydrogen (secondary N) is 1. The fourth-order valence-electron chi connectivity index (χ4n) is 4.77. The molecule has 0 spiro atoms. The number of amides is 1. The molecule has 3 fully saturated rings. The second kappa shape index (κ2) is 6.37. The van der Waals surface area contributed by atoms with Crippen LogP contribution in [0.5, 0.6) is 0 Å². The Morgan fingerprint density at radius 3 is 2.62 bits per heavy atom. The number of benzene rings is 1. The van der Waals surface area contributed by atoms with E-state index >= 15 is 0 Å². The Hall–Kier alpha value is -1.89. The monoisotopic (exact) mass is 421 g/mol. The van der Waals surface area contributed by atoms with Crippen molar-refractivity contribution in [3.63, 3.8) is 0 Å². The van der Waals surface area contributed by atoms with Crippen LogP contribution < -0.4 is 5.32 Å². The first-order chi connectivity index (χ1) is 12.3. The van der Waals surface area contributed by atoms with Crippen molar-refractivity contribution in [3.8, 4) is 0 Å². The number of rotatable bonds is 4. The van der Waals surface area contributed by atoms with E-state index in [0.717, 1.165) is 17.5 Å². The van der Waals surface area contributed by atoms with Gasteiger partial charge in [0.25, 0.3) is 5.91 Å². The number of esters is 2. The molecule has 1 heterocycles. The standard InChI is InChI=1S/C19H20BrNO5/c1-8-3-9(2)5-10(4-8)21-13(22)7-25-18(23)14-11-6-12-15(14)19(24)26-17(12)16(11)20/h3-5,11-12,14-17H,6-7H2,1-2H3,(H,21,22)/t11-,12-,14-,15-,16-,17+/m1/s1. The molecule has 26 heavy (non-hydrogen) atoms. The Kier molecular flexibility index (Phi) is 4.29. The summed E-state index contributed by atoms with van der Waals surface area (Å²) in [6.07, 6.45) is 0.653. The number of carbonyl (C=O) groups excluding carboxylic acids is 3. The third-order valence-electron chi connectivity index (χ3n) is 5.65. The van der Waals surface area contributed by atoms with Crippen molar-refractivity contribution in [2.24, 2.45) is 23.7 Å². The van der Waals surface area contributed by atoms with Crippen LogP contribution in [0.4, 0.5) is 5.69 Å². The van der Waals surface area contributed by atoms with E-state index in [4.69, 9.17) is 9.47 Å². The van der Waals surface area contributed by atoms with Crippen LogP contribution in [0.1, 0.15) is 17.5 Å².